The van der Waals surface area contributed by atoms with Crippen molar-refractivity contribution < 1.29 is 52.6 Å². The topological polar surface area (TPSA) is 156 Å². The Hall–Kier alpha value is -3.05. The lowest BCUT2D eigenvalue weighted by Crippen LogP contribution is -2.59. The van der Waals surface area contributed by atoms with Crippen molar-refractivity contribution in [2.75, 3.05) is 40.7 Å². The van der Waals surface area contributed by atoms with Crippen molar-refractivity contribution in [3.8, 4) is 0 Å². The van der Waals surface area contributed by atoms with Gasteiger partial charge in [0.05, 0.1) is 48.5 Å². The third-order valence-corrected chi connectivity index (χ3v) is 15.8. The smallest absolute Gasteiger partial charge is 0.306 e. The van der Waals surface area contributed by atoms with Crippen LogP contribution in [0.3, 0.4) is 0 Å². The number of likely N-dealkylation sites (N-methyl/N-ethyl adjacent to an activating group) is 1. The van der Waals surface area contributed by atoms with E-state index in [9.17, 15) is 9.90 Å². The number of carbonyl (C=O) groups excluding carboxylic acids is 2. The highest BCUT2D eigenvalue weighted by molar-refractivity contribution is 5.99. The number of rotatable bonds is 11. The highest BCUT2D eigenvalue weighted by atomic mass is 16.7. The Balaban J connectivity index is 1.13. The number of pyridine rings is 1. The standard InChI is InChI=1S/C50H73N3O11/c1-10-31-14-11-15-40(64-42-19-18-39(53(5)6)27(3)60-42)26(2)45(55)37-24-34-33-22-32(63-50-49(59-9)48(58-8)47(57-7)28(4)61-50)23-36(33)46(56)44(43(34)35(37)25-41(54)62-31)52-30-16-17-38-29(21-30)13-12-20-51-38/h12-13,16-17,20-21,24,26-28,31-36,39-40,42-44,46-50,52,56H,10-11,14-15,18-19,22-23,25H2,1-9H3/t26-,27?,28?,31+,32+,33+,34+,35-,36-,39+,40+,42+,43-,44-,46-,47+,48?,49+,50+/m1/s1. The van der Waals surface area contributed by atoms with Gasteiger partial charge in [0, 0.05) is 56.5 Å². The maximum atomic E-state index is 15.3. The zero-order valence-corrected chi connectivity index (χ0v) is 39.3. The van der Waals surface area contributed by atoms with Crippen LogP contribution in [0.1, 0.15) is 85.5 Å². The molecule has 19 atom stereocenters. The molecular weight excluding hydrogens is 819 g/mol. The van der Waals surface area contributed by atoms with Gasteiger partial charge < -0.3 is 53.2 Å². The number of fused-ring (bicyclic) bond motifs is 6. The lowest BCUT2D eigenvalue weighted by Gasteiger charge is -2.47. The molecule has 8 rings (SSSR count). The molecular formula is C50H73N3O11. The molecule has 4 heterocycles. The van der Waals surface area contributed by atoms with Crippen LogP contribution in [0.15, 0.2) is 48.2 Å². The van der Waals surface area contributed by atoms with Crippen molar-refractivity contribution in [3.05, 3.63) is 48.2 Å². The summed E-state index contributed by atoms with van der Waals surface area (Å²) in [7, 11) is 9.06. The van der Waals surface area contributed by atoms with Gasteiger partial charge in [-0.2, -0.15) is 0 Å². The van der Waals surface area contributed by atoms with Crippen molar-refractivity contribution >= 4 is 28.3 Å². The molecule has 2 aromatic rings. The van der Waals surface area contributed by atoms with E-state index in [-0.39, 0.29) is 78.5 Å². The third kappa shape index (κ3) is 9.55. The quantitative estimate of drug-likeness (QED) is 0.242. The van der Waals surface area contributed by atoms with E-state index in [2.05, 4.69) is 48.4 Å². The summed E-state index contributed by atoms with van der Waals surface area (Å²) in [4.78, 5) is 36.1. The molecule has 3 saturated heterocycles. The fraction of sp³-hybridized carbons (Fsp3) is 0.740. The molecule has 2 N–H and O–H groups in total. The van der Waals surface area contributed by atoms with Crippen molar-refractivity contribution in [1.29, 1.82) is 0 Å². The number of cyclic esters (lactones) is 1. The van der Waals surface area contributed by atoms with Crippen molar-refractivity contribution in [2.45, 2.75) is 165 Å². The normalized spacial score (nSPS) is 41.9. The first kappa shape index (κ1) is 47.4. The number of esters is 1. The molecule has 0 bridgehead atoms. The van der Waals surface area contributed by atoms with Gasteiger partial charge in [-0.1, -0.05) is 26.0 Å². The Kier molecular flexibility index (Phi) is 15.2. The average molecular weight is 892 g/mol. The van der Waals surface area contributed by atoms with Crippen LogP contribution in [0.4, 0.5) is 5.69 Å². The molecule has 3 aliphatic carbocycles. The van der Waals surface area contributed by atoms with Crippen molar-refractivity contribution in [2.24, 2.45) is 35.5 Å². The van der Waals surface area contributed by atoms with Crippen LogP contribution in [-0.4, -0.2) is 142 Å². The molecule has 14 nitrogen and oxygen atoms in total. The van der Waals surface area contributed by atoms with E-state index < -0.39 is 48.8 Å². The highest BCUT2D eigenvalue weighted by Gasteiger charge is 2.60. The molecule has 0 radical (unpaired) electrons. The number of aliphatic hydroxyl groups is 1. The number of aromatic nitrogens is 1. The number of anilines is 1. The molecule has 5 fully saturated rings. The first-order valence-corrected chi connectivity index (χ1v) is 23.9. The molecule has 6 aliphatic rings. The molecule has 0 spiro atoms. The first-order valence-electron chi connectivity index (χ1n) is 23.9. The number of aliphatic hydroxyl groups excluding tert-OH is 1. The van der Waals surface area contributed by atoms with E-state index >= 15 is 4.79 Å². The third-order valence-electron chi connectivity index (χ3n) is 15.8. The van der Waals surface area contributed by atoms with Gasteiger partial charge in [0.15, 0.2) is 18.4 Å². The predicted octanol–water partition coefficient (Wildman–Crippen LogP) is 6.32. The predicted molar refractivity (Wildman–Crippen MR) is 240 cm³/mol. The summed E-state index contributed by atoms with van der Waals surface area (Å²) < 4.78 is 50.4. The molecule has 3 aliphatic heterocycles. The summed E-state index contributed by atoms with van der Waals surface area (Å²) in [6.45, 7) is 8.07. The number of allylic oxidation sites excluding steroid dienone is 2. The number of ketones is 1. The molecule has 1 aromatic heterocycles. The summed E-state index contributed by atoms with van der Waals surface area (Å²) >= 11 is 0. The molecule has 2 saturated carbocycles. The average Bonchev–Trinajstić information content (AvgIpc) is 3.87. The number of carbonyl (C=O) groups is 2. The zero-order valence-electron chi connectivity index (χ0n) is 39.3. The Morgan fingerprint density at radius 3 is 2.38 bits per heavy atom. The van der Waals surface area contributed by atoms with Crippen LogP contribution >= 0.6 is 0 Å². The molecule has 3 unspecified atom stereocenters. The lowest BCUT2D eigenvalue weighted by atomic mass is 9.62. The second kappa shape index (κ2) is 20.4. The van der Waals surface area contributed by atoms with Gasteiger partial charge in [-0.25, -0.2) is 0 Å². The molecule has 64 heavy (non-hydrogen) atoms. The van der Waals surface area contributed by atoms with Gasteiger partial charge in [0.2, 0.25) is 0 Å². The number of nitrogens with zero attached hydrogens (tertiary/aromatic N) is 2. The Morgan fingerprint density at radius 1 is 0.891 bits per heavy atom. The van der Waals surface area contributed by atoms with Gasteiger partial charge in [0.1, 0.15) is 24.4 Å². The zero-order chi connectivity index (χ0) is 45.4. The van der Waals surface area contributed by atoms with E-state index in [4.69, 9.17) is 37.9 Å². The van der Waals surface area contributed by atoms with E-state index in [0.717, 1.165) is 35.9 Å². The Morgan fingerprint density at radius 2 is 1.66 bits per heavy atom. The number of methoxy groups -OCH3 is 3. The van der Waals surface area contributed by atoms with E-state index in [1.807, 2.05) is 45.0 Å². The van der Waals surface area contributed by atoms with Crippen molar-refractivity contribution in [1.82, 2.24) is 9.88 Å². The van der Waals surface area contributed by atoms with E-state index in [1.54, 1.807) is 27.5 Å². The fourth-order valence-electron chi connectivity index (χ4n) is 12.6. The van der Waals surface area contributed by atoms with Gasteiger partial charge >= 0.3 is 5.97 Å². The van der Waals surface area contributed by atoms with Crippen LogP contribution in [-0.2, 0) is 47.5 Å². The number of Topliss-reactive ketones (excluding diaryl/α,β-unsaturated/α-hetero) is 1. The minimum atomic E-state index is -0.827. The SMILES string of the molecule is CC[C@H]1CCC[C@H](O[C@H]2CC[C@H](N(C)C)C(C)O2)[C@@H](C)C(=O)C2=C[C@H]3[C@@H]4C[C@H](O[C@@H]5OC(C)[C@H](OC)C(OC)[C@@H]5OC)C[C@H]4[C@@H](O)[C@H](Nc4ccc5ncccc5c4)[C@H]3[C@@H]2CC(=O)O1. The minimum Gasteiger partial charge on any atom is -0.462 e. The number of hydrogen-bond acceptors (Lipinski definition) is 14. The second-order valence-corrected chi connectivity index (χ2v) is 19.7. The fourth-order valence-corrected chi connectivity index (χ4v) is 12.6. The number of nitrogens with one attached hydrogen (secondary N) is 1. The largest absolute Gasteiger partial charge is 0.462 e. The summed E-state index contributed by atoms with van der Waals surface area (Å²) in [6, 6.07) is 9.74. The first-order chi connectivity index (χ1) is 30.8. The van der Waals surface area contributed by atoms with Crippen LogP contribution in [0, 0.1) is 35.5 Å². The molecule has 1 aromatic carbocycles. The van der Waals surface area contributed by atoms with Crippen LogP contribution in [0.25, 0.3) is 10.9 Å². The molecule has 0 amide bonds. The number of hydrogen-bond donors (Lipinski definition) is 2. The highest BCUT2D eigenvalue weighted by Crippen LogP contribution is 2.57. The number of ether oxygens (including phenoxy) is 8. The lowest BCUT2D eigenvalue weighted by molar-refractivity contribution is -0.314. The van der Waals surface area contributed by atoms with Crippen LogP contribution in [0.2, 0.25) is 0 Å². The van der Waals surface area contributed by atoms with Gasteiger partial charge in [-0.05, 0) is 133 Å². The van der Waals surface area contributed by atoms with Crippen LogP contribution in [0.5, 0.6) is 0 Å². The second-order valence-electron chi connectivity index (χ2n) is 19.7. The maximum Gasteiger partial charge on any atom is 0.306 e. The Labute approximate surface area is 379 Å². The summed E-state index contributed by atoms with van der Waals surface area (Å²) in [5, 5.41) is 17.5. The number of benzene rings is 1. The van der Waals surface area contributed by atoms with Crippen LogP contribution < -0.4 is 5.32 Å². The summed E-state index contributed by atoms with van der Waals surface area (Å²) in [5.41, 5.74) is 2.34. The van der Waals surface area contributed by atoms with Gasteiger partial charge in [0.25, 0.3) is 0 Å². The van der Waals surface area contributed by atoms with E-state index in [0.29, 0.717) is 43.7 Å². The maximum absolute atomic E-state index is 15.3. The summed E-state index contributed by atoms with van der Waals surface area (Å²) in [5.74, 6) is -1.97. The minimum absolute atomic E-state index is 0.0148. The summed E-state index contributed by atoms with van der Waals surface area (Å²) in [6.07, 6.45) is 5.11. The Bertz CT molecular complexity index is 1950. The molecule has 14 heteroatoms. The van der Waals surface area contributed by atoms with E-state index in [1.165, 1.54) is 0 Å². The van der Waals surface area contributed by atoms with Crippen molar-refractivity contribution in [3.63, 3.8) is 0 Å². The van der Waals surface area contributed by atoms with Gasteiger partial charge in [-0.15, -0.1) is 0 Å². The molecule has 354 valence electrons. The van der Waals surface area contributed by atoms with Gasteiger partial charge in [-0.3, -0.25) is 14.6 Å². The monoisotopic (exact) mass is 892 g/mol.